The molecule has 5 heteroatoms. The van der Waals surface area contributed by atoms with Gasteiger partial charge in [-0.2, -0.15) is 0 Å². The summed E-state index contributed by atoms with van der Waals surface area (Å²) in [5.41, 5.74) is 6.71. The lowest BCUT2D eigenvalue weighted by Gasteiger charge is -2.13. The lowest BCUT2D eigenvalue weighted by molar-refractivity contribution is -0.141. The number of ketones is 1. The van der Waals surface area contributed by atoms with Crippen molar-refractivity contribution in [2.45, 2.75) is 39.2 Å². The Morgan fingerprint density at radius 2 is 1.81 bits per heavy atom. The molecule has 32 heavy (non-hydrogen) atoms. The number of ether oxygens (including phenoxy) is 2. The van der Waals surface area contributed by atoms with Crippen molar-refractivity contribution in [2.24, 2.45) is 0 Å². The summed E-state index contributed by atoms with van der Waals surface area (Å²) < 4.78 is 10.7. The number of hydrogen-bond acceptors (Lipinski definition) is 5. The van der Waals surface area contributed by atoms with Gasteiger partial charge in [0.05, 0.1) is 13.5 Å². The number of hydrogen-bond donors (Lipinski definition) is 1. The summed E-state index contributed by atoms with van der Waals surface area (Å²) in [6, 6.07) is 17.1. The fourth-order valence-electron chi connectivity index (χ4n) is 4.51. The molecular formula is C27H26O5. The van der Waals surface area contributed by atoms with E-state index in [1.54, 1.807) is 18.2 Å². The Kier molecular flexibility index (Phi) is 5.99. The van der Waals surface area contributed by atoms with Gasteiger partial charge in [-0.3, -0.25) is 9.59 Å². The van der Waals surface area contributed by atoms with Crippen molar-refractivity contribution < 1.29 is 24.2 Å². The molecule has 164 valence electrons. The lowest BCUT2D eigenvalue weighted by Crippen LogP contribution is -2.06. The fraction of sp³-hybridized carbons (Fsp3) is 0.259. The third-order valence-corrected chi connectivity index (χ3v) is 5.98. The largest absolute Gasteiger partial charge is 0.508 e. The molecule has 0 fully saturated rings. The van der Waals surface area contributed by atoms with Crippen molar-refractivity contribution in [2.75, 3.05) is 7.11 Å². The molecule has 1 unspecified atom stereocenters. The zero-order valence-electron chi connectivity index (χ0n) is 18.5. The van der Waals surface area contributed by atoms with Crippen LogP contribution in [0.2, 0.25) is 0 Å². The van der Waals surface area contributed by atoms with Crippen LogP contribution in [0, 0.1) is 13.8 Å². The highest BCUT2D eigenvalue weighted by Crippen LogP contribution is 2.38. The highest BCUT2D eigenvalue weighted by molar-refractivity contribution is 6.02. The summed E-state index contributed by atoms with van der Waals surface area (Å²) >= 11 is 0. The van der Waals surface area contributed by atoms with E-state index >= 15 is 0 Å². The van der Waals surface area contributed by atoms with Gasteiger partial charge in [-0.1, -0.05) is 24.3 Å². The average Bonchev–Trinajstić information content (AvgIpc) is 3.06. The Hall–Kier alpha value is -3.60. The number of Topliss-reactive ketones (excluding diaryl/α,β-unsaturated/α-hetero) is 1. The molecule has 1 atom stereocenters. The molecule has 5 nitrogen and oxygen atoms in total. The minimum absolute atomic E-state index is 0.0274. The zero-order chi connectivity index (χ0) is 22.8. The zero-order valence-corrected chi connectivity index (χ0v) is 18.5. The number of phenolic OH excluding ortho intramolecular Hbond substituents is 1. The second-order valence-corrected chi connectivity index (χ2v) is 8.30. The maximum Gasteiger partial charge on any atom is 0.306 e. The van der Waals surface area contributed by atoms with E-state index in [1.807, 2.05) is 44.2 Å². The Balaban J connectivity index is 1.51. The van der Waals surface area contributed by atoms with E-state index in [1.165, 1.54) is 7.11 Å². The van der Waals surface area contributed by atoms with E-state index in [4.69, 9.17) is 9.47 Å². The number of methoxy groups -OCH3 is 1. The van der Waals surface area contributed by atoms with Crippen molar-refractivity contribution in [3.8, 4) is 22.6 Å². The van der Waals surface area contributed by atoms with Crippen LogP contribution in [0.3, 0.4) is 0 Å². The molecule has 4 rings (SSSR count). The number of aryl methyl sites for hydroxylation is 2. The highest BCUT2D eigenvalue weighted by atomic mass is 16.5. The van der Waals surface area contributed by atoms with Crippen LogP contribution < -0.4 is 4.74 Å². The van der Waals surface area contributed by atoms with Gasteiger partial charge in [-0.25, -0.2) is 0 Å². The van der Waals surface area contributed by atoms with Crippen LogP contribution in [0.1, 0.15) is 51.4 Å². The van der Waals surface area contributed by atoms with E-state index in [0.717, 1.165) is 33.4 Å². The van der Waals surface area contributed by atoms with E-state index in [-0.39, 0.29) is 29.8 Å². The average molecular weight is 431 g/mol. The van der Waals surface area contributed by atoms with Crippen LogP contribution in [-0.2, 0) is 16.1 Å². The van der Waals surface area contributed by atoms with Crippen LogP contribution >= 0.6 is 0 Å². The lowest BCUT2D eigenvalue weighted by atomic mass is 9.94. The number of rotatable bonds is 6. The molecule has 0 spiro atoms. The van der Waals surface area contributed by atoms with Gasteiger partial charge >= 0.3 is 5.97 Å². The smallest absolute Gasteiger partial charge is 0.306 e. The van der Waals surface area contributed by atoms with Crippen LogP contribution in [0.25, 0.3) is 11.1 Å². The summed E-state index contributed by atoms with van der Waals surface area (Å²) in [7, 11) is 1.36. The maximum atomic E-state index is 12.4. The highest BCUT2D eigenvalue weighted by Gasteiger charge is 2.31. The Labute approximate surface area is 187 Å². The molecule has 0 heterocycles. The second kappa shape index (κ2) is 8.87. The van der Waals surface area contributed by atoms with Gasteiger partial charge < -0.3 is 14.6 Å². The van der Waals surface area contributed by atoms with Crippen molar-refractivity contribution in [1.29, 1.82) is 0 Å². The van der Waals surface area contributed by atoms with Gasteiger partial charge in [-0.15, -0.1) is 0 Å². The number of esters is 1. The van der Waals surface area contributed by atoms with E-state index in [2.05, 4.69) is 6.07 Å². The standard InChI is InChI=1S/C27H26O5/c1-16-9-21(28)10-17(2)27(16)19-6-4-5-18(11-19)15-32-22-7-8-23-20(13-26(30)31-3)12-25(29)24(23)14-22/h4-11,14,20,28H,12-13,15H2,1-3H3. The summed E-state index contributed by atoms with van der Waals surface area (Å²) in [6.07, 6.45) is 0.527. The SMILES string of the molecule is COC(=O)CC1CC(=O)c2cc(OCc3cccc(-c4c(C)cc(O)cc4C)c3)ccc21. The molecule has 0 aliphatic heterocycles. The molecule has 3 aromatic carbocycles. The Bertz CT molecular complexity index is 1170. The molecule has 1 N–H and O–H groups in total. The molecule has 0 saturated heterocycles. The van der Waals surface area contributed by atoms with E-state index in [0.29, 0.717) is 24.3 Å². The van der Waals surface area contributed by atoms with Crippen LogP contribution in [0.4, 0.5) is 0 Å². The summed E-state index contributed by atoms with van der Waals surface area (Å²) in [6.45, 7) is 4.34. The Morgan fingerprint density at radius 3 is 2.53 bits per heavy atom. The van der Waals surface area contributed by atoms with Crippen molar-refractivity contribution in [1.82, 2.24) is 0 Å². The number of carbonyl (C=O) groups excluding carboxylic acids is 2. The molecule has 0 aromatic heterocycles. The molecule has 0 radical (unpaired) electrons. The second-order valence-electron chi connectivity index (χ2n) is 8.30. The first-order chi connectivity index (χ1) is 15.4. The maximum absolute atomic E-state index is 12.4. The van der Waals surface area contributed by atoms with E-state index < -0.39 is 0 Å². The quantitative estimate of drug-likeness (QED) is 0.524. The number of benzene rings is 3. The number of carbonyl (C=O) groups is 2. The Morgan fingerprint density at radius 1 is 1.06 bits per heavy atom. The summed E-state index contributed by atoms with van der Waals surface area (Å²) in [5.74, 6) is 0.475. The number of aromatic hydroxyl groups is 1. The van der Waals surface area contributed by atoms with Gasteiger partial charge in [0.25, 0.3) is 0 Å². The monoisotopic (exact) mass is 430 g/mol. The summed E-state index contributed by atoms with van der Waals surface area (Å²) in [4.78, 5) is 24.1. The van der Waals surface area contributed by atoms with Gasteiger partial charge in [0.1, 0.15) is 18.1 Å². The topological polar surface area (TPSA) is 72.8 Å². The van der Waals surface area contributed by atoms with E-state index in [9.17, 15) is 14.7 Å². The molecule has 3 aromatic rings. The summed E-state index contributed by atoms with van der Waals surface area (Å²) in [5, 5.41) is 9.82. The molecular weight excluding hydrogens is 404 g/mol. The minimum atomic E-state index is -0.310. The minimum Gasteiger partial charge on any atom is -0.508 e. The first-order valence-corrected chi connectivity index (χ1v) is 10.6. The third-order valence-electron chi connectivity index (χ3n) is 5.98. The first kappa shape index (κ1) is 21.6. The van der Waals surface area contributed by atoms with Gasteiger partial charge in [-0.05, 0) is 77.6 Å². The molecule has 1 aliphatic rings. The van der Waals surface area contributed by atoms with Gasteiger partial charge in [0.2, 0.25) is 0 Å². The van der Waals surface area contributed by atoms with Gasteiger partial charge in [0, 0.05) is 17.9 Å². The van der Waals surface area contributed by atoms with Crippen LogP contribution in [-0.4, -0.2) is 24.0 Å². The van der Waals surface area contributed by atoms with Gasteiger partial charge in [0.15, 0.2) is 5.78 Å². The number of fused-ring (bicyclic) bond motifs is 1. The van der Waals surface area contributed by atoms with Crippen molar-refractivity contribution >= 4 is 11.8 Å². The third kappa shape index (κ3) is 4.37. The molecule has 1 aliphatic carbocycles. The van der Waals surface area contributed by atoms with Crippen LogP contribution in [0.15, 0.2) is 54.6 Å². The van der Waals surface area contributed by atoms with Crippen molar-refractivity contribution in [3.63, 3.8) is 0 Å². The van der Waals surface area contributed by atoms with Crippen LogP contribution in [0.5, 0.6) is 11.5 Å². The molecule has 0 saturated carbocycles. The normalized spacial score (nSPS) is 14.8. The number of phenols is 1. The first-order valence-electron chi connectivity index (χ1n) is 10.6. The molecule has 0 amide bonds. The molecule has 0 bridgehead atoms. The predicted octanol–water partition coefficient (Wildman–Crippen LogP) is 5.49. The predicted molar refractivity (Wildman–Crippen MR) is 122 cm³/mol. The van der Waals surface area contributed by atoms with Crippen molar-refractivity contribution in [3.05, 3.63) is 82.4 Å². The fourth-order valence-corrected chi connectivity index (χ4v) is 4.51.